The first-order valence-corrected chi connectivity index (χ1v) is 11.1. The monoisotopic (exact) mass is 461 g/mol. The van der Waals surface area contributed by atoms with E-state index >= 15 is 0 Å². The van der Waals surface area contributed by atoms with Crippen LogP contribution in [0, 0.1) is 0 Å². The molecule has 33 heavy (non-hydrogen) atoms. The first-order chi connectivity index (χ1) is 16.3. The highest BCUT2D eigenvalue weighted by Gasteiger charge is 2.17. The van der Waals surface area contributed by atoms with Gasteiger partial charge < -0.3 is 45.0 Å². The minimum Gasteiger partial charge on any atom is -0.454 e. The number of hydrogen-bond acceptors (Lipinski definition) is 12. The molecule has 180 valence electrons. The van der Waals surface area contributed by atoms with Gasteiger partial charge in [-0.05, 0) is 17.7 Å². The van der Waals surface area contributed by atoms with Crippen LogP contribution in [0.25, 0.3) is 0 Å². The molecule has 1 aromatic heterocycles. The third-order valence-corrected chi connectivity index (χ3v) is 4.97. The molecular weight excluding hydrogens is 430 g/mol. The van der Waals surface area contributed by atoms with E-state index in [9.17, 15) is 0 Å². The molecule has 0 aliphatic carbocycles. The van der Waals surface area contributed by atoms with E-state index < -0.39 is 0 Å². The van der Waals surface area contributed by atoms with Gasteiger partial charge in [-0.1, -0.05) is 6.07 Å². The highest BCUT2D eigenvalue weighted by Crippen LogP contribution is 2.32. The number of aromatic nitrogens is 3. The number of fused-ring (bicyclic) bond motifs is 1. The van der Waals surface area contributed by atoms with Crippen LogP contribution >= 0.6 is 0 Å². The lowest BCUT2D eigenvalue weighted by molar-refractivity contribution is 0.0547. The second-order valence-corrected chi connectivity index (χ2v) is 7.36. The Kier molecular flexibility index (Phi) is 8.69. The van der Waals surface area contributed by atoms with Gasteiger partial charge in [0.05, 0.1) is 39.6 Å². The van der Waals surface area contributed by atoms with Crippen LogP contribution in [0.15, 0.2) is 18.2 Å². The maximum Gasteiger partial charge on any atom is 0.232 e. The van der Waals surface area contributed by atoms with Gasteiger partial charge in [-0.25, -0.2) is 0 Å². The van der Waals surface area contributed by atoms with Crippen LogP contribution in [0.5, 0.6) is 11.5 Å². The Hall–Kier alpha value is -2.93. The van der Waals surface area contributed by atoms with E-state index in [0.717, 1.165) is 30.2 Å². The molecule has 1 aromatic carbocycles. The maximum atomic E-state index is 5.56. The van der Waals surface area contributed by atoms with Gasteiger partial charge in [0.2, 0.25) is 24.6 Å². The van der Waals surface area contributed by atoms with Gasteiger partial charge in [-0.15, -0.1) is 0 Å². The minimum absolute atomic E-state index is 0.252. The zero-order valence-electron chi connectivity index (χ0n) is 18.6. The average molecular weight is 462 g/mol. The number of rotatable bonds is 13. The Morgan fingerprint density at radius 2 is 1.67 bits per heavy atom. The zero-order valence-corrected chi connectivity index (χ0v) is 18.6. The molecule has 4 rings (SSSR count). The standard InChI is InChI=1S/C21H31N7O5/c22-3-7-29-11-12-30-8-4-23-19-25-20(27-21(26-19)28-5-9-31-10-6-28)24-14-16-1-2-17-18(13-16)33-15-32-17/h1-2,13H,3-12,14-15,22H2,(H2,23,24,25,26,27). The summed E-state index contributed by atoms with van der Waals surface area (Å²) in [5.41, 5.74) is 6.42. The molecule has 2 aliphatic rings. The van der Waals surface area contributed by atoms with Crippen LogP contribution in [0.4, 0.5) is 17.8 Å². The Balaban J connectivity index is 1.34. The molecule has 0 radical (unpaired) electrons. The summed E-state index contributed by atoms with van der Waals surface area (Å²) in [6.45, 7) is 6.71. The Morgan fingerprint density at radius 1 is 0.909 bits per heavy atom. The van der Waals surface area contributed by atoms with Crippen molar-refractivity contribution in [1.29, 1.82) is 0 Å². The van der Waals surface area contributed by atoms with Crippen molar-refractivity contribution in [2.75, 3.05) is 88.1 Å². The van der Waals surface area contributed by atoms with Crippen molar-refractivity contribution in [3.63, 3.8) is 0 Å². The predicted octanol–water partition coefficient (Wildman–Crippen LogP) is 0.453. The highest BCUT2D eigenvalue weighted by atomic mass is 16.7. The molecule has 12 nitrogen and oxygen atoms in total. The fourth-order valence-electron chi connectivity index (χ4n) is 3.30. The molecule has 4 N–H and O–H groups in total. The van der Waals surface area contributed by atoms with Crippen molar-refractivity contribution in [3.8, 4) is 11.5 Å². The lowest BCUT2D eigenvalue weighted by atomic mass is 10.2. The van der Waals surface area contributed by atoms with Gasteiger partial charge in [0.1, 0.15) is 0 Å². The van der Waals surface area contributed by atoms with Crippen molar-refractivity contribution >= 4 is 17.8 Å². The summed E-state index contributed by atoms with van der Waals surface area (Å²) in [7, 11) is 0. The molecule has 0 unspecified atom stereocenters. The number of nitrogens with one attached hydrogen (secondary N) is 2. The third-order valence-electron chi connectivity index (χ3n) is 4.97. The van der Waals surface area contributed by atoms with Crippen LogP contribution < -0.4 is 30.7 Å². The van der Waals surface area contributed by atoms with Gasteiger partial charge in [0.25, 0.3) is 0 Å². The minimum atomic E-state index is 0.252. The largest absolute Gasteiger partial charge is 0.454 e. The second-order valence-electron chi connectivity index (χ2n) is 7.36. The molecule has 0 bridgehead atoms. The summed E-state index contributed by atoms with van der Waals surface area (Å²) in [4.78, 5) is 15.8. The highest BCUT2D eigenvalue weighted by molar-refractivity contribution is 5.47. The fourth-order valence-corrected chi connectivity index (χ4v) is 3.30. The van der Waals surface area contributed by atoms with E-state index in [2.05, 4.69) is 30.5 Å². The van der Waals surface area contributed by atoms with Gasteiger partial charge in [-0.3, -0.25) is 0 Å². The van der Waals surface area contributed by atoms with Gasteiger partial charge >= 0.3 is 0 Å². The summed E-state index contributed by atoms with van der Waals surface area (Å²) in [6, 6.07) is 5.84. The second kappa shape index (κ2) is 12.3. The van der Waals surface area contributed by atoms with Crippen LogP contribution in [0.3, 0.4) is 0 Å². The predicted molar refractivity (Wildman–Crippen MR) is 122 cm³/mol. The number of hydrogen-bond donors (Lipinski definition) is 3. The number of anilines is 3. The molecule has 0 saturated carbocycles. The van der Waals surface area contributed by atoms with E-state index in [1.165, 1.54) is 0 Å². The van der Waals surface area contributed by atoms with Crippen LogP contribution in [0.1, 0.15) is 5.56 Å². The van der Waals surface area contributed by atoms with Crippen molar-refractivity contribution in [2.45, 2.75) is 6.54 Å². The normalized spacial score (nSPS) is 15.0. The van der Waals surface area contributed by atoms with Crippen molar-refractivity contribution in [3.05, 3.63) is 23.8 Å². The average Bonchev–Trinajstić information content (AvgIpc) is 3.33. The summed E-state index contributed by atoms with van der Waals surface area (Å²) in [5.74, 6) is 3.09. The van der Waals surface area contributed by atoms with Gasteiger partial charge in [0.15, 0.2) is 11.5 Å². The molecule has 12 heteroatoms. The molecular formula is C21H31N7O5. The molecule has 1 fully saturated rings. The summed E-state index contributed by atoms with van der Waals surface area (Å²) < 4.78 is 27.1. The van der Waals surface area contributed by atoms with Crippen LogP contribution in [-0.2, 0) is 20.8 Å². The van der Waals surface area contributed by atoms with E-state index in [4.69, 9.17) is 29.4 Å². The number of ether oxygens (including phenoxy) is 5. The molecule has 2 aliphatic heterocycles. The third kappa shape index (κ3) is 7.02. The maximum absolute atomic E-state index is 5.56. The number of benzene rings is 1. The molecule has 0 amide bonds. The smallest absolute Gasteiger partial charge is 0.232 e. The Labute approximate surface area is 192 Å². The van der Waals surface area contributed by atoms with Crippen molar-refractivity contribution < 1.29 is 23.7 Å². The van der Waals surface area contributed by atoms with Crippen molar-refractivity contribution in [2.24, 2.45) is 5.73 Å². The zero-order chi connectivity index (χ0) is 22.7. The summed E-state index contributed by atoms with van der Waals surface area (Å²) >= 11 is 0. The van der Waals surface area contributed by atoms with Crippen LogP contribution in [0.2, 0.25) is 0 Å². The first kappa shape index (κ1) is 23.2. The number of nitrogens with zero attached hydrogens (tertiary/aromatic N) is 4. The number of nitrogens with two attached hydrogens (primary N) is 1. The molecule has 3 heterocycles. The quantitative estimate of drug-likeness (QED) is 0.357. The van der Waals surface area contributed by atoms with E-state index in [1.807, 2.05) is 18.2 Å². The fraction of sp³-hybridized carbons (Fsp3) is 0.571. The topological polar surface area (TPSA) is 138 Å². The van der Waals surface area contributed by atoms with Crippen molar-refractivity contribution in [1.82, 2.24) is 15.0 Å². The summed E-state index contributed by atoms with van der Waals surface area (Å²) in [6.07, 6.45) is 0. The van der Waals surface area contributed by atoms with Crippen LogP contribution in [-0.4, -0.2) is 87.6 Å². The molecule has 0 atom stereocenters. The van der Waals surface area contributed by atoms with E-state index in [1.54, 1.807) is 0 Å². The number of morpholine rings is 1. The summed E-state index contributed by atoms with van der Waals surface area (Å²) in [5, 5.41) is 6.50. The SMILES string of the molecule is NCCOCCOCCNc1nc(NCc2ccc3c(c2)OCO3)nc(N2CCOCC2)n1. The molecule has 1 saturated heterocycles. The first-order valence-electron chi connectivity index (χ1n) is 11.1. The van der Waals surface area contributed by atoms with Gasteiger partial charge in [0, 0.05) is 32.7 Å². The van der Waals surface area contributed by atoms with Gasteiger partial charge in [-0.2, -0.15) is 15.0 Å². The Bertz CT molecular complexity index is 882. The van der Waals surface area contributed by atoms with E-state index in [0.29, 0.717) is 77.1 Å². The lowest BCUT2D eigenvalue weighted by Gasteiger charge is -2.27. The Morgan fingerprint density at radius 3 is 2.48 bits per heavy atom. The van der Waals surface area contributed by atoms with E-state index in [-0.39, 0.29) is 6.79 Å². The molecule has 0 spiro atoms. The lowest BCUT2D eigenvalue weighted by Crippen LogP contribution is -2.37. The molecule has 2 aromatic rings.